The van der Waals surface area contributed by atoms with Crippen LogP contribution in [0.1, 0.15) is 50.2 Å². The predicted octanol–water partition coefficient (Wildman–Crippen LogP) is 3.97. The van der Waals surface area contributed by atoms with Gasteiger partial charge in [0.2, 0.25) is 0 Å². The minimum absolute atomic E-state index is 0.0893. The van der Waals surface area contributed by atoms with Gasteiger partial charge in [0.1, 0.15) is 5.75 Å². The van der Waals surface area contributed by atoms with Crippen molar-refractivity contribution in [2.75, 3.05) is 7.11 Å². The molecule has 0 fully saturated rings. The molecule has 0 saturated heterocycles. The van der Waals surface area contributed by atoms with Gasteiger partial charge < -0.3 is 4.74 Å². The van der Waals surface area contributed by atoms with Crippen LogP contribution in [0.4, 0.5) is 0 Å². The van der Waals surface area contributed by atoms with Crippen molar-refractivity contribution in [1.29, 1.82) is 0 Å². The molecule has 2 heteroatoms. The van der Waals surface area contributed by atoms with E-state index in [1.54, 1.807) is 7.11 Å². The fourth-order valence-electron chi connectivity index (χ4n) is 3.96. The molecule has 0 amide bonds. The quantitative estimate of drug-likeness (QED) is 0.813. The van der Waals surface area contributed by atoms with Crippen LogP contribution in [-0.2, 0) is 16.6 Å². The number of hydrogen-bond donors (Lipinski definition) is 0. The fourth-order valence-corrected chi connectivity index (χ4v) is 3.96. The van der Waals surface area contributed by atoms with Gasteiger partial charge in [-0.05, 0) is 61.4 Å². The van der Waals surface area contributed by atoms with Crippen LogP contribution in [0.5, 0.6) is 5.75 Å². The number of methoxy groups -OCH3 is 1. The zero-order valence-electron chi connectivity index (χ0n) is 12.4. The van der Waals surface area contributed by atoms with Crippen molar-refractivity contribution in [3.05, 3.63) is 41.0 Å². The molecule has 2 nitrogen and oxygen atoms in total. The molecule has 2 aliphatic rings. The molecule has 1 atom stereocenters. The first kappa shape index (κ1) is 13.4. The van der Waals surface area contributed by atoms with Gasteiger partial charge in [-0.25, -0.2) is 0 Å². The van der Waals surface area contributed by atoms with Crippen LogP contribution in [0.15, 0.2) is 29.8 Å². The number of ether oxygens (including phenoxy) is 1. The Labute approximate surface area is 120 Å². The first-order valence-electron chi connectivity index (χ1n) is 7.61. The van der Waals surface area contributed by atoms with E-state index in [2.05, 4.69) is 25.1 Å². The van der Waals surface area contributed by atoms with Gasteiger partial charge in [0.05, 0.1) is 7.11 Å². The van der Waals surface area contributed by atoms with Gasteiger partial charge in [-0.3, -0.25) is 4.79 Å². The topological polar surface area (TPSA) is 26.3 Å². The third kappa shape index (κ3) is 1.98. The Balaban J connectivity index is 2.17. The number of aryl methyl sites for hydroxylation is 1. The molecule has 0 radical (unpaired) electrons. The predicted molar refractivity (Wildman–Crippen MR) is 80.2 cm³/mol. The maximum absolute atomic E-state index is 11.8. The Hall–Kier alpha value is -1.57. The van der Waals surface area contributed by atoms with Gasteiger partial charge in [0.15, 0.2) is 5.78 Å². The number of carbonyl (C=O) groups excluding carboxylic acids is 1. The van der Waals surface area contributed by atoms with Crippen LogP contribution in [0.2, 0.25) is 0 Å². The number of allylic oxidation sites excluding steroid dienone is 2. The van der Waals surface area contributed by atoms with Crippen molar-refractivity contribution in [3.8, 4) is 5.75 Å². The second-order valence-corrected chi connectivity index (χ2v) is 5.95. The van der Waals surface area contributed by atoms with Gasteiger partial charge in [-0.15, -0.1) is 0 Å². The van der Waals surface area contributed by atoms with E-state index in [0.717, 1.165) is 37.9 Å². The summed E-state index contributed by atoms with van der Waals surface area (Å²) in [5.74, 6) is 1.25. The Bertz CT molecular complexity index is 571. The molecular weight excluding hydrogens is 248 g/mol. The van der Waals surface area contributed by atoms with Gasteiger partial charge in [0.25, 0.3) is 0 Å². The molecule has 0 heterocycles. The van der Waals surface area contributed by atoms with E-state index in [-0.39, 0.29) is 5.41 Å². The van der Waals surface area contributed by atoms with E-state index in [4.69, 9.17) is 4.74 Å². The van der Waals surface area contributed by atoms with Gasteiger partial charge in [-0.2, -0.15) is 0 Å². The second-order valence-electron chi connectivity index (χ2n) is 5.95. The zero-order valence-corrected chi connectivity index (χ0v) is 12.4. The van der Waals surface area contributed by atoms with Gasteiger partial charge in [0, 0.05) is 11.8 Å². The molecule has 0 bridgehead atoms. The van der Waals surface area contributed by atoms with Crippen LogP contribution in [0.3, 0.4) is 0 Å². The van der Waals surface area contributed by atoms with E-state index < -0.39 is 0 Å². The molecule has 0 saturated carbocycles. The maximum Gasteiger partial charge on any atom is 0.155 e. The van der Waals surface area contributed by atoms with Crippen molar-refractivity contribution < 1.29 is 9.53 Å². The van der Waals surface area contributed by atoms with Crippen LogP contribution in [0.25, 0.3) is 0 Å². The number of rotatable bonds is 2. The van der Waals surface area contributed by atoms with E-state index in [0.29, 0.717) is 12.2 Å². The summed E-state index contributed by atoms with van der Waals surface area (Å²) in [7, 11) is 1.72. The van der Waals surface area contributed by atoms with Crippen molar-refractivity contribution in [1.82, 2.24) is 0 Å². The summed E-state index contributed by atoms with van der Waals surface area (Å²) in [4.78, 5) is 11.8. The SMILES string of the molecule is CCC12CCC(=O)C=C1CCCc1cc(OC)ccc12. The summed E-state index contributed by atoms with van der Waals surface area (Å²) in [6.45, 7) is 2.25. The monoisotopic (exact) mass is 270 g/mol. The van der Waals surface area contributed by atoms with Crippen LogP contribution in [-0.4, -0.2) is 12.9 Å². The molecule has 106 valence electrons. The number of ketones is 1. The van der Waals surface area contributed by atoms with E-state index >= 15 is 0 Å². The number of fused-ring (bicyclic) bond motifs is 3. The molecule has 3 rings (SSSR count). The molecular formula is C18H22O2. The van der Waals surface area contributed by atoms with Crippen molar-refractivity contribution in [2.45, 2.75) is 50.9 Å². The maximum atomic E-state index is 11.8. The normalized spacial score (nSPS) is 25.3. The average Bonchev–Trinajstić information content (AvgIpc) is 2.63. The summed E-state index contributed by atoms with van der Waals surface area (Å²) < 4.78 is 5.37. The standard InChI is InChI=1S/C18H22O2/c1-3-18-10-9-15(19)12-14(18)6-4-5-13-11-16(20-2)7-8-17(13)18/h7-8,11-12H,3-6,9-10H2,1-2H3. The summed E-state index contributed by atoms with van der Waals surface area (Å²) in [5, 5.41) is 0. The number of carbonyl (C=O) groups is 1. The number of hydrogen-bond acceptors (Lipinski definition) is 2. The minimum Gasteiger partial charge on any atom is -0.497 e. The molecule has 1 aromatic carbocycles. The Morgan fingerprint density at radius 1 is 1.25 bits per heavy atom. The highest BCUT2D eigenvalue weighted by atomic mass is 16.5. The molecule has 0 spiro atoms. The van der Waals surface area contributed by atoms with Crippen LogP contribution >= 0.6 is 0 Å². The highest BCUT2D eigenvalue weighted by Crippen LogP contribution is 2.48. The Kier molecular flexibility index (Phi) is 3.41. The molecule has 20 heavy (non-hydrogen) atoms. The first-order chi connectivity index (χ1) is 9.69. The lowest BCUT2D eigenvalue weighted by Crippen LogP contribution is -2.32. The van der Waals surface area contributed by atoms with Crippen LogP contribution in [0, 0.1) is 0 Å². The summed E-state index contributed by atoms with van der Waals surface area (Å²) in [6.07, 6.45) is 7.92. The highest BCUT2D eigenvalue weighted by Gasteiger charge is 2.40. The van der Waals surface area contributed by atoms with Crippen molar-refractivity contribution in [3.63, 3.8) is 0 Å². The highest BCUT2D eigenvalue weighted by molar-refractivity contribution is 5.92. The average molecular weight is 270 g/mol. The number of benzene rings is 1. The van der Waals surface area contributed by atoms with E-state index in [1.807, 2.05) is 6.08 Å². The summed E-state index contributed by atoms with van der Waals surface area (Å²) in [5.41, 5.74) is 4.28. The lowest BCUT2D eigenvalue weighted by Gasteiger charge is -2.38. The van der Waals surface area contributed by atoms with Crippen molar-refractivity contribution in [2.24, 2.45) is 0 Å². The smallest absolute Gasteiger partial charge is 0.155 e. The third-order valence-electron chi connectivity index (χ3n) is 5.07. The van der Waals surface area contributed by atoms with Gasteiger partial charge in [-0.1, -0.05) is 18.6 Å². The first-order valence-corrected chi connectivity index (χ1v) is 7.61. The molecule has 0 N–H and O–H groups in total. The minimum atomic E-state index is 0.0893. The molecule has 1 unspecified atom stereocenters. The summed E-state index contributed by atoms with van der Waals surface area (Å²) in [6, 6.07) is 6.48. The fraction of sp³-hybridized carbons (Fsp3) is 0.500. The Morgan fingerprint density at radius 2 is 2.10 bits per heavy atom. The lowest BCUT2D eigenvalue weighted by molar-refractivity contribution is -0.115. The van der Waals surface area contributed by atoms with E-state index in [1.165, 1.54) is 16.7 Å². The largest absolute Gasteiger partial charge is 0.497 e. The molecule has 2 aliphatic carbocycles. The molecule has 0 aliphatic heterocycles. The zero-order chi connectivity index (χ0) is 14.2. The van der Waals surface area contributed by atoms with E-state index in [9.17, 15) is 4.79 Å². The Morgan fingerprint density at radius 3 is 2.85 bits per heavy atom. The van der Waals surface area contributed by atoms with Crippen LogP contribution < -0.4 is 4.74 Å². The second kappa shape index (κ2) is 5.08. The summed E-state index contributed by atoms with van der Waals surface area (Å²) >= 11 is 0. The van der Waals surface area contributed by atoms with Crippen molar-refractivity contribution >= 4 is 5.78 Å². The molecule has 0 aromatic heterocycles. The molecule has 1 aromatic rings. The lowest BCUT2D eigenvalue weighted by atomic mass is 9.65. The third-order valence-corrected chi connectivity index (χ3v) is 5.07. The van der Waals surface area contributed by atoms with Gasteiger partial charge >= 0.3 is 0 Å².